The van der Waals surface area contributed by atoms with Crippen LogP contribution in [0.25, 0.3) is 0 Å². The molecule has 0 unspecified atom stereocenters. The van der Waals surface area contributed by atoms with E-state index in [4.69, 9.17) is 11.6 Å². The van der Waals surface area contributed by atoms with Gasteiger partial charge in [0.05, 0.1) is 0 Å². The predicted molar refractivity (Wildman–Crippen MR) is 95.9 cm³/mol. The Hall–Kier alpha value is -1.87. The van der Waals surface area contributed by atoms with E-state index in [1.54, 1.807) is 24.3 Å². The van der Waals surface area contributed by atoms with Gasteiger partial charge in [-0.2, -0.15) is 0 Å². The zero-order valence-electron chi connectivity index (χ0n) is 13.5. The molecule has 2 nitrogen and oxygen atoms in total. The van der Waals surface area contributed by atoms with Crippen LogP contribution in [0, 0.1) is 5.92 Å². The first-order valence-electron chi connectivity index (χ1n) is 8.35. The Morgan fingerprint density at radius 1 is 1.08 bits per heavy atom. The van der Waals surface area contributed by atoms with E-state index in [9.17, 15) is 4.79 Å². The second-order valence-corrected chi connectivity index (χ2v) is 6.97. The number of amides is 1. The number of nitrogens with one attached hydrogen (secondary N) is 1. The average molecular weight is 346 g/mol. The van der Waals surface area contributed by atoms with Crippen LogP contribution < -0.4 is 5.32 Å². The van der Waals surface area contributed by atoms with E-state index in [0.29, 0.717) is 24.3 Å². The average Bonchev–Trinajstić information content (AvgIpc) is 2.60. The molecule has 0 spiro atoms. The maximum Gasteiger partial charge on any atom is 0.224 e. The normalized spacial score (nSPS) is 23.7. The summed E-state index contributed by atoms with van der Waals surface area (Å²) in [6, 6.07) is 16.4. The molecule has 0 radical (unpaired) electrons. The number of hydrogen-bond acceptors (Lipinski definition) is 1. The van der Waals surface area contributed by atoms with Gasteiger partial charge in [-0.3, -0.25) is 4.79 Å². The lowest BCUT2D eigenvalue weighted by molar-refractivity contribution is -0.117. The van der Waals surface area contributed by atoms with Crippen molar-refractivity contribution in [2.45, 2.75) is 37.8 Å². The molecular weight excluding hydrogens is 325 g/mol. The lowest BCUT2D eigenvalue weighted by Gasteiger charge is -2.34. The Morgan fingerprint density at radius 2 is 1.71 bits per heavy atom. The predicted octanol–water partition coefficient (Wildman–Crippen LogP) is 5.72. The van der Waals surface area contributed by atoms with E-state index in [1.165, 1.54) is 0 Å². The molecule has 126 valence electrons. The second kappa shape index (κ2) is 7.35. The molecule has 0 bridgehead atoms. The monoisotopic (exact) mass is 345 g/mol. The van der Waals surface area contributed by atoms with Gasteiger partial charge >= 0.3 is 0 Å². The van der Waals surface area contributed by atoms with Crippen LogP contribution in [0.4, 0.5) is 10.1 Å². The van der Waals surface area contributed by atoms with Crippen molar-refractivity contribution in [1.82, 2.24) is 0 Å². The summed E-state index contributed by atoms with van der Waals surface area (Å²) in [7, 11) is 0. The van der Waals surface area contributed by atoms with Gasteiger partial charge in [-0.05, 0) is 61.4 Å². The summed E-state index contributed by atoms with van der Waals surface area (Å²) in [4.78, 5) is 12.2. The third kappa shape index (κ3) is 4.15. The van der Waals surface area contributed by atoms with Gasteiger partial charge in [0.25, 0.3) is 0 Å². The molecule has 1 amide bonds. The fourth-order valence-electron chi connectivity index (χ4n) is 3.37. The highest BCUT2D eigenvalue weighted by atomic mass is 35.5. The van der Waals surface area contributed by atoms with Crippen molar-refractivity contribution in [2.75, 3.05) is 5.32 Å². The minimum Gasteiger partial charge on any atom is -0.326 e. The van der Waals surface area contributed by atoms with Gasteiger partial charge in [0.1, 0.15) is 5.67 Å². The van der Waals surface area contributed by atoms with Crippen LogP contribution in [0.3, 0.4) is 0 Å². The number of hydrogen-bond donors (Lipinski definition) is 1. The Kier molecular flexibility index (Phi) is 5.20. The molecule has 0 heterocycles. The molecule has 24 heavy (non-hydrogen) atoms. The van der Waals surface area contributed by atoms with Crippen molar-refractivity contribution in [3.63, 3.8) is 0 Å². The minimum atomic E-state index is -1.25. The lowest BCUT2D eigenvalue weighted by Crippen LogP contribution is -2.29. The summed E-state index contributed by atoms with van der Waals surface area (Å²) >= 11 is 5.83. The molecule has 1 saturated carbocycles. The molecule has 4 heteroatoms. The van der Waals surface area contributed by atoms with E-state index in [2.05, 4.69) is 5.32 Å². The zero-order valence-corrected chi connectivity index (χ0v) is 14.2. The third-order valence-corrected chi connectivity index (χ3v) is 5.04. The van der Waals surface area contributed by atoms with Crippen molar-refractivity contribution in [1.29, 1.82) is 0 Å². The van der Waals surface area contributed by atoms with Crippen molar-refractivity contribution in [2.24, 2.45) is 5.92 Å². The lowest BCUT2D eigenvalue weighted by atomic mass is 9.75. The molecular formula is C20H21ClFNO. The van der Waals surface area contributed by atoms with E-state index >= 15 is 4.39 Å². The summed E-state index contributed by atoms with van der Waals surface area (Å²) < 4.78 is 15.1. The first-order valence-corrected chi connectivity index (χ1v) is 8.73. The molecule has 1 N–H and O–H groups in total. The molecule has 3 rings (SSSR count). The molecule has 2 aromatic rings. The van der Waals surface area contributed by atoms with Crippen LogP contribution in [-0.2, 0) is 10.5 Å². The van der Waals surface area contributed by atoms with Crippen molar-refractivity contribution in [3.05, 3.63) is 65.2 Å². The number of halogens is 2. The number of carbonyl (C=O) groups excluding carboxylic acids is 1. The van der Waals surface area contributed by atoms with Gasteiger partial charge in [-0.1, -0.05) is 41.9 Å². The first kappa shape index (κ1) is 17.0. The molecule has 0 aliphatic heterocycles. The largest absolute Gasteiger partial charge is 0.326 e. The SMILES string of the molecule is O=C(CC1CCC(F)(c2ccccc2)CC1)Nc1ccc(Cl)cc1. The van der Waals surface area contributed by atoms with Gasteiger partial charge in [-0.15, -0.1) is 0 Å². The molecule has 1 fully saturated rings. The van der Waals surface area contributed by atoms with Crippen molar-refractivity contribution in [3.8, 4) is 0 Å². The summed E-state index contributed by atoms with van der Waals surface area (Å²) in [6.45, 7) is 0. The summed E-state index contributed by atoms with van der Waals surface area (Å²) in [5.74, 6) is 0.221. The standard InChI is InChI=1S/C20H21ClFNO/c21-17-6-8-18(9-7-17)23-19(24)14-15-10-12-20(22,13-11-15)16-4-2-1-3-5-16/h1-9,15H,10-14H2,(H,23,24). The Balaban J connectivity index is 1.52. The first-order chi connectivity index (χ1) is 11.5. The summed E-state index contributed by atoms with van der Waals surface area (Å²) in [6.07, 6.45) is 2.87. The smallest absolute Gasteiger partial charge is 0.224 e. The van der Waals surface area contributed by atoms with Crippen LogP contribution >= 0.6 is 11.6 Å². The minimum absolute atomic E-state index is 0.0200. The van der Waals surface area contributed by atoms with E-state index in [-0.39, 0.29) is 11.8 Å². The zero-order chi connectivity index (χ0) is 17.0. The highest BCUT2D eigenvalue weighted by Gasteiger charge is 2.37. The van der Waals surface area contributed by atoms with Crippen LogP contribution in [0.1, 0.15) is 37.7 Å². The van der Waals surface area contributed by atoms with Gasteiger partial charge in [0.2, 0.25) is 5.91 Å². The van der Waals surface area contributed by atoms with Gasteiger partial charge in [0, 0.05) is 17.1 Å². The fourth-order valence-corrected chi connectivity index (χ4v) is 3.50. The molecule has 2 aromatic carbocycles. The van der Waals surface area contributed by atoms with Crippen molar-refractivity contribution >= 4 is 23.2 Å². The summed E-state index contributed by atoms with van der Waals surface area (Å²) in [5, 5.41) is 3.52. The van der Waals surface area contributed by atoms with Gasteiger partial charge in [0.15, 0.2) is 0 Å². The van der Waals surface area contributed by atoms with Crippen LogP contribution in [0.5, 0.6) is 0 Å². The maximum absolute atomic E-state index is 15.1. The highest BCUT2D eigenvalue weighted by molar-refractivity contribution is 6.30. The second-order valence-electron chi connectivity index (χ2n) is 6.53. The molecule has 0 atom stereocenters. The quantitative estimate of drug-likeness (QED) is 0.754. The number of anilines is 1. The summed E-state index contributed by atoms with van der Waals surface area (Å²) in [5.41, 5.74) is 0.253. The van der Waals surface area contributed by atoms with E-state index in [1.807, 2.05) is 30.3 Å². The van der Waals surface area contributed by atoms with E-state index < -0.39 is 5.67 Å². The molecule has 0 aromatic heterocycles. The van der Waals surface area contributed by atoms with Gasteiger partial charge in [-0.25, -0.2) is 4.39 Å². The van der Waals surface area contributed by atoms with Crippen LogP contribution in [0.15, 0.2) is 54.6 Å². The van der Waals surface area contributed by atoms with Gasteiger partial charge < -0.3 is 5.32 Å². The number of alkyl halides is 1. The molecule has 0 saturated heterocycles. The molecule has 1 aliphatic carbocycles. The Bertz CT molecular complexity index is 679. The number of rotatable bonds is 4. The van der Waals surface area contributed by atoms with Crippen molar-refractivity contribution < 1.29 is 9.18 Å². The highest BCUT2D eigenvalue weighted by Crippen LogP contribution is 2.43. The Labute approximate surface area is 147 Å². The number of carbonyl (C=O) groups is 1. The van der Waals surface area contributed by atoms with Crippen LogP contribution in [0.2, 0.25) is 5.02 Å². The molecule has 1 aliphatic rings. The topological polar surface area (TPSA) is 29.1 Å². The maximum atomic E-state index is 15.1. The van der Waals surface area contributed by atoms with Crippen LogP contribution in [-0.4, -0.2) is 5.91 Å². The Morgan fingerprint density at radius 3 is 2.33 bits per heavy atom. The third-order valence-electron chi connectivity index (χ3n) is 4.79. The fraction of sp³-hybridized carbons (Fsp3) is 0.350. The number of benzene rings is 2. The van der Waals surface area contributed by atoms with E-state index in [0.717, 1.165) is 24.1 Å².